The monoisotopic (exact) mass is 282 g/mol. The molecule has 1 saturated heterocycles. The first kappa shape index (κ1) is 14.3. The number of hydrogen-bond donors (Lipinski definition) is 1. The van der Waals surface area contributed by atoms with Gasteiger partial charge in [0.1, 0.15) is 5.75 Å². The average molecular weight is 283 g/mol. The highest BCUT2D eigenvalue weighted by Crippen LogP contribution is 2.28. The second-order valence-electron chi connectivity index (χ2n) is 4.75. The number of nitrogens with zero attached hydrogens (tertiary/aromatic N) is 1. The molecule has 1 aromatic rings. The van der Waals surface area contributed by atoms with Crippen LogP contribution in [0.25, 0.3) is 0 Å². The Bertz CT molecular complexity index is 471. The third kappa shape index (κ3) is 3.47. The predicted molar refractivity (Wildman–Crippen MR) is 76.4 cm³/mol. The van der Waals surface area contributed by atoms with Crippen LogP contribution in [0.15, 0.2) is 12.1 Å². The standard InChI is InChI=1S/C14H19ClN2O2/c1-10-7-11(15)8-12(14(10)19-2)13(18)9-17-5-3-16-4-6-17/h7-8,16H,3-6,9H2,1-2H3. The molecule has 0 unspecified atom stereocenters. The van der Waals surface area contributed by atoms with Gasteiger partial charge in [0.15, 0.2) is 5.78 Å². The molecule has 0 radical (unpaired) electrons. The number of piperazine rings is 1. The van der Waals surface area contributed by atoms with Crippen molar-refractivity contribution in [2.75, 3.05) is 39.8 Å². The highest BCUT2D eigenvalue weighted by Gasteiger charge is 2.19. The van der Waals surface area contributed by atoms with Gasteiger partial charge in [-0.25, -0.2) is 0 Å². The van der Waals surface area contributed by atoms with Gasteiger partial charge in [-0.15, -0.1) is 0 Å². The topological polar surface area (TPSA) is 41.6 Å². The Morgan fingerprint density at radius 3 is 2.74 bits per heavy atom. The Morgan fingerprint density at radius 1 is 1.42 bits per heavy atom. The first-order valence-corrected chi connectivity index (χ1v) is 6.80. The highest BCUT2D eigenvalue weighted by atomic mass is 35.5. The Hall–Kier alpha value is -1.10. The maximum Gasteiger partial charge on any atom is 0.180 e. The van der Waals surface area contributed by atoms with Crippen LogP contribution in [0.5, 0.6) is 5.75 Å². The van der Waals surface area contributed by atoms with E-state index in [9.17, 15) is 4.79 Å². The molecule has 104 valence electrons. The number of rotatable bonds is 4. The summed E-state index contributed by atoms with van der Waals surface area (Å²) in [5, 5.41) is 3.84. The van der Waals surface area contributed by atoms with E-state index in [2.05, 4.69) is 10.2 Å². The van der Waals surface area contributed by atoms with E-state index in [1.165, 1.54) is 0 Å². The smallest absolute Gasteiger partial charge is 0.180 e. The lowest BCUT2D eigenvalue weighted by molar-refractivity contribution is 0.0918. The molecule has 1 aliphatic heterocycles. The highest BCUT2D eigenvalue weighted by molar-refractivity contribution is 6.31. The molecule has 1 fully saturated rings. The number of halogens is 1. The number of ketones is 1. The number of benzene rings is 1. The summed E-state index contributed by atoms with van der Waals surface area (Å²) in [5.74, 6) is 0.689. The molecule has 1 heterocycles. The minimum atomic E-state index is 0.0596. The summed E-state index contributed by atoms with van der Waals surface area (Å²) in [5.41, 5.74) is 1.46. The van der Waals surface area contributed by atoms with Crippen LogP contribution < -0.4 is 10.1 Å². The van der Waals surface area contributed by atoms with Crippen molar-refractivity contribution >= 4 is 17.4 Å². The van der Waals surface area contributed by atoms with Gasteiger partial charge < -0.3 is 10.1 Å². The van der Waals surface area contributed by atoms with Gasteiger partial charge in [0.2, 0.25) is 0 Å². The number of nitrogens with one attached hydrogen (secondary N) is 1. The molecule has 0 amide bonds. The average Bonchev–Trinajstić information content (AvgIpc) is 2.39. The van der Waals surface area contributed by atoms with E-state index < -0.39 is 0 Å². The molecule has 19 heavy (non-hydrogen) atoms. The summed E-state index contributed by atoms with van der Waals surface area (Å²) in [4.78, 5) is 14.5. The normalized spacial score (nSPS) is 16.4. The van der Waals surface area contributed by atoms with Gasteiger partial charge in [-0.1, -0.05) is 11.6 Å². The third-order valence-corrected chi connectivity index (χ3v) is 3.54. The number of carbonyl (C=O) groups excluding carboxylic acids is 1. The van der Waals surface area contributed by atoms with Crippen LogP contribution in [-0.2, 0) is 0 Å². The van der Waals surface area contributed by atoms with Crippen molar-refractivity contribution in [2.24, 2.45) is 0 Å². The first-order chi connectivity index (χ1) is 9.11. The number of carbonyl (C=O) groups is 1. The molecular formula is C14H19ClN2O2. The van der Waals surface area contributed by atoms with Crippen molar-refractivity contribution in [2.45, 2.75) is 6.92 Å². The maximum atomic E-state index is 12.4. The minimum absolute atomic E-state index is 0.0596. The second-order valence-corrected chi connectivity index (χ2v) is 5.19. The molecule has 0 atom stereocenters. The fraction of sp³-hybridized carbons (Fsp3) is 0.500. The predicted octanol–water partition coefficient (Wildman–Crippen LogP) is 1.74. The third-order valence-electron chi connectivity index (χ3n) is 3.32. The van der Waals surface area contributed by atoms with Crippen molar-refractivity contribution in [1.82, 2.24) is 10.2 Å². The van der Waals surface area contributed by atoms with Crippen LogP contribution >= 0.6 is 11.6 Å². The molecule has 1 aromatic carbocycles. The lowest BCUT2D eigenvalue weighted by Gasteiger charge is -2.26. The van der Waals surface area contributed by atoms with E-state index in [0.29, 0.717) is 22.9 Å². The molecule has 2 rings (SSSR count). The summed E-state index contributed by atoms with van der Waals surface area (Å²) in [6.07, 6.45) is 0. The van der Waals surface area contributed by atoms with Crippen LogP contribution in [0.3, 0.4) is 0 Å². The zero-order valence-corrected chi connectivity index (χ0v) is 12.1. The van der Waals surface area contributed by atoms with Crippen molar-refractivity contribution in [3.63, 3.8) is 0 Å². The van der Waals surface area contributed by atoms with Crippen LogP contribution in [0, 0.1) is 6.92 Å². The fourth-order valence-corrected chi connectivity index (χ4v) is 2.64. The summed E-state index contributed by atoms with van der Waals surface area (Å²) < 4.78 is 5.33. The lowest BCUT2D eigenvalue weighted by atomic mass is 10.1. The van der Waals surface area contributed by atoms with Gasteiger partial charge in [0.25, 0.3) is 0 Å². The molecule has 1 N–H and O–H groups in total. The molecule has 0 aromatic heterocycles. The van der Waals surface area contributed by atoms with Crippen LogP contribution in [0.4, 0.5) is 0 Å². The molecule has 5 heteroatoms. The summed E-state index contributed by atoms with van der Waals surface area (Å²) in [7, 11) is 1.58. The summed E-state index contributed by atoms with van der Waals surface area (Å²) in [6.45, 7) is 5.96. The first-order valence-electron chi connectivity index (χ1n) is 6.42. The van der Waals surface area contributed by atoms with Gasteiger partial charge in [0.05, 0.1) is 19.2 Å². The van der Waals surface area contributed by atoms with Gasteiger partial charge in [0, 0.05) is 31.2 Å². The number of aryl methyl sites for hydroxylation is 1. The Morgan fingerprint density at radius 2 is 2.11 bits per heavy atom. The van der Waals surface area contributed by atoms with E-state index in [1.54, 1.807) is 13.2 Å². The zero-order valence-electron chi connectivity index (χ0n) is 11.3. The van der Waals surface area contributed by atoms with Crippen molar-refractivity contribution in [3.05, 3.63) is 28.3 Å². The quantitative estimate of drug-likeness (QED) is 0.855. The lowest BCUT2D eigenvalue weighted by Crippen LogP contribution is -2.45. The number of hydrogen-bond acceptors (Lipinski definition) is 4. The molecule has 0 saturated carbocycles. The van der Waals surface area contributed by atoms with Crippen LogP contribution in [-0.4, -0.2) is 50.5 Å². The largest absolute Gasteiger partial charge is 0.496 e. The molecule has 0 bridgehead atoms. The van der Waals surface area contributed by atoms with Crippen LogP contribution in [0.1, 0.15) is 15.9 Å². The Balaban J connectivity index is 2.17. The van der Waals surface area contributed by atoms with Gasteiger partial charge >= 0.3 is 0 Å². The second kappa shape index (κ2) is 6.37. The van der Waals surface area contributed by atoms with E-state index in [4.69, 9.17) is 16.3 Å². The molecule has 0 spiro atoms. The number of ether oxygens (including phenoxy) is 1. The van der Waals surface area contributed by atoms with Crippen molar-refractivity contribution in [3.8, 4) is 5.75 Å². The fourth-order valence-electron chi connectivity index (χ4n) is 2.37. The molecule has 1 aliphatic rings. The molecule has 0 aliphatic carbocycles. The van der Waals surface area contributed by atoms with E-state index in [0.717, 1.165) is 31.7 Å². The number of Topliss-reactive ketones (excluding diaryl/α,β-unsaturated/α-hetero) is 1. The number of methoxy groups -OCH3 is 1. The molecular weight excluding hydrogens is 264 g/mol. The van der Waals surface area contributed by atoms with Gasteiger partial charge in [-0.3, -0.25) is 9.69 Å². The van der Waals surface area contributed by atoms with Crippen LogP contribution in [0.2, 0.25) is 5.02 Å². The minimum Gasteiger partial charge on any atom is -0.496 e. The van der Waals surface area contributed by atoms with Gasteiger partial charge in [-0.2, -0.15) is 0 Å². The summed E-state index contributed by atoms with van der Waals surface area (Å²) >= 11 is 6.03. The molecule has 4 nitrogen and oxygen atoms in total. The van der Waals surface area contributed by atoms with E-state index in [1.807, 2.05) is 13.0 Å². The zero-order chi connectivity index (χ0) is 13.8. The Labute approximate surface area is 118 Å². The van der Waals surface area contributed by atoms with Crippen molar-refractivity contribution in [1.29, 1.82) is 0 Å². The van der Waals surface area contributed by atoms with Crippen molar-refractivity contribution < 1.29 is 9.53 Å². The SMILES string of the molecule is COc1c(C)cc(Cl)cc1C(=O)CN1CCNCC1. The van der Waals surface area contributed by atoms with Gasteiger partial charge in [-0.05, 0) is 24.6 Å². The van der Waals surface area contributed by atoms with E-state index in [-0.39, 0.29) is 5.78 Å². The maximum absolute atomic E-state index is 12.4. The van der Waals surface area contributed by atoms with E-state index >= 15 is 0 Å². The Kier molecular flexibility index (Phi) is 4.80. The summed E-state index contributed by atoms with van der Waals surface area (Å²) in [6, 6.07) is 3.50.